The van der Waals surface area contributed by atoms with Gasteiger partial charge in [-0.15, -0.1) is 0 Å². The van der Waals surface area contributed by atoms with E-state index in [0.29, 0.717) is 11.3 Å². The Morgan fingerprint density at radius 1 is 1.25 bits per heavy atom. The third kappa shape index (κ3) is 2.61. The fourth-order valence-electron chi connectivity index (χ4n) is 2.39. The van der Waals surface area contributed by atoms with Gasteiger partial charge in [0.05, 0.1) is 0 Å². The third-order valence-corrected chi connectivity index (χ3v) is 8.97. The molecule has 0 radical (unpaired) electrons. The van der Waals surface area contributed by atoms with Crippen LogP contribution in [0.4, 0.5) is 0 Å². The van der Waals surface area contributed by atoms with Crippen LogP contribution in [0.15, 0.2) is 12.1 Å². The lowest BCUT2D eigenvalue weighted by Gasteiger charge is -2.37. The van der Waals surface area contributed by atoms with Gasteiger partial charge in [0, 0.05) is 0 Å². The first-order valence-corrected chi connectivity index (χ1v) is 10.1. The van der Waals surface area contributed by atoms with Crippen LogP contribution >= 0.6 is 0 Å². The number of hydrogen-bond acceptors (Lipinski definition) is 2. The zero-order valence-corrected chi connectivity index (χ0v) is 14.0. The van der Waals surface area contributed by atoms with Crippen LogP contribution in [-0.2, 0) is 12.8 Å². The second kappa shape index (κ2) is 4.92. The standard InChI is InChI=1S/C16H24O3Si/c1-16(2,3)20(4,5)19-13-10-9-11-7-6-8-12(11)14(13)15(17)18/h9-10H,6-8H2,1-5H3,(H,17,18). The predicted octanol–water partition coefficient (Wildman–Crippen LogP) is 4.26. The Labute approximate surface area is 122 Å². The molecule has 1 aromatic carbocycles. The lowest BCUT2D eigenvalue weighted by Crippen LogP contribution is -2.44. The second-order valence-electron chi connectivity index (χ2n) is 7.10. The van der Waals surface area contributed by atoms with Crippen molar-refractivity contribution >= 4 is 14.3 Å². The molecule has 1 aliphatic carbocycles. The normalized spacial score (nSPS) is 15.1. The van der Waals surface area contributed by atoms with E-state index >= 15 is 0 Å². The van der Waals surface area contributed by atoms with Gasteiger partial charge in [0.1, 0.15) is 11.3 Å². The highest BCUT2D eigenvalue weighted by Gasteiger charge is 2.40. The van der Waals surface area contributed by atoms with E-state index in [-0.39, 0.29) is 5.04 Å². The second-order valence-corrected chi connectivity index (χ2v) is 11.8. The van der Waals surface area contributed by atoms with E-state index in [9.17, 15) is 9.90 Å². The van der Waals surface area contributed by atoms with Crippen LogP contribution in [0.3, 0.4) is 0 Å². The van der Waals surface area contributed by atoms with E-state index in [1.165, 1.54) is 5.56 Å². The Kier molecular flexibility index (Phi) is 3.71. The first-order chi connectivity index (χ1) is 9.13. The van der Waals surface area contributed by atoms with Crippen molar-refractivity contribution in [2.75, 3.05) is 0 Å². The molecule has 0 saturated heterocycles. The molecule has 4 heteroatoms. The van der Waals surface area contributed by atoms with Crippen molar-refractivity contribution in [1.29, 1.82) is 0 Å². The maximum Gasteiger partial charge on any atom is 0.339 e. The fourth-order valence-corrected chi connectivity index (χ4v) is 3.42. The van der Waals surface area contributed by atoms with E-state index in [1.807, 2.05) is 12.1 Å². The number of rotatable bonds is 3. The Bertz CT molecular complexity index is 541. The molecule has 0 aromatic heterocycles. The van der Waals surface area contributed by atoms with Gasteiger partial charge in [-0.25, -0.2) is 4.79 Å². The summed E-state index contributed by atoms with van der Waals surface area (Å²) < 4.78 is 6.24. The van der Waals surface area contributed by atoms with Crippen LogP contribution in [-0.4, -0.2) is 19.4 Å². The van der Waals surface area contributed by atoms with Gasteiger partial charge in [0.15, 0.2) is 0 Å². The summed E-state index contributed by atoms with van der Waals surface area (Å²) in [5.74, 6) is -0.304. The molecule has 0 heterocycles. The van der Waals surface area contributed by atoms with Gasteiger partial charge < -0.3 is 9.53 Å². The molecule has 110 valence electrons. The predicted molar refractivity (Wildman–Crippen MR) is 83.3 cm³/mol. The first kappa shape index (κ1) is 15.1. The summed E-state index contributed by atoms with van der Waals surface area (Å²) in [5.41, 5.74) is 2.54. The number of benzene rings is 1. The van der Waals surface area contributed by atoms with Gasteiger partial charge in [0.25, 0.3) is 8.32 Å². The van der Waals surface area contributed by atoms with Crippen LogP contribution in [0.25, 0.3) is 0 Å². The van der Waals surface area contributed by atoms with Gasteiger partial charge in [-0.1, -0.05) is 26.8 Å². The SMILES string of the molecule is CC(C)(C)[Si](C)(C)Oc1ccc2c(c1C(=O)O)CCC2. The summed E-state index contributed by atoms with van der Waals surface area (Å²) >= 11 is 0. The molecule has 1 aliphatic rings. The molecule has 3 nitrogen and oxygen atoms in total. The lowest BCUT2D eigenvalue weighted by atomic mass is 10.0. The lowest BCUT2D eigenvalue weighted by molar-refractivity contribution is 0.0693. The molecule has 20 heavy (non-hydrogen) atoms. The van der Waals surface area contributed by atoms with Gasteiger partial charge in [-0.3, -0.25) is 0 Å². The number of fused-ring (bicyclic) bond motifs is 1. The summed E-state index contributed by atoms with van der Waals surface area (Å²) in [6.45, 7) is 10.8. The molecule has 0 spiro atoms. The van der Waals surface area contributed by atoms with Gasteiger partial charge in [-0.2, -0.15) is 0 Å². The smallest absolute Gasteiger partial charge is 0.339 e. The Morgan fingerprint density at radius 3 is 2.45 bits per heavy atom. The highest BCUT2D eigenvalue weighted by molar-refractivity contribution is 6.74. The quantitative estimate of drug-likeness (QED) is 0.847. The molecule has 0 saturated carbocycles. The molecule has 1 N–H and O–H groups in total. The van der Waals surface area contributed by atoms with Crippen molar-refractivity contribution in [1.82, 2.24) is 0 Å². The van der Waals surface area contributed by atoms with Crippen molar-refractivity contribution in [2.45, 2.75) is 58.2 Å². The Balaban J connectivity index is 2.46. The van der Waals surface area contributed by atoms with Crippen molar-refractivity contribution in [3.05, 3.63) is 28.8 Å². The van der Waals surface area contributed by atoms with Gasteiger partial charge in [-0.05, 0) is 54.6 Å². The number of aryl methyl sites for hydroxylation is 1. The van der Waals surface area contributed by atoms with E-state index in [0.717, 1.165) is 24.8 Å². The molecule has 0 fully saturated rings. The van der Waals surface area contributed by atoms with Gasteiger partial charge in [0.2, 0.25) is 0 Å². The van der Waals surface area contributed by atoms with E-state index in [1.54, 1.807) is 0 Å². The number of carboxylic acids is 1. The molecule has 0 bridgehead atoms. The topological polar surface area (TPSA) is 46.5 Å². The minimum Gasteiger partial charge on any atom is -0.543 e. The van der Waals surface area contributed by atoms with Gasteiger partial charge >= 0.3 is 5.97 Å². The summed E-state index contributed by atoms with van der Waals surface area (Å²) in [4.78, 5) is 11.7. The van der Waals surface area contributed by atoms with Crippen molar-refractivity contribution in [3.63, 3.8) is 0 Å². The van der Waals surface area contributed by atoms with Crippen LogP contribution < -0.4 is 4.43 Å². The molecule has 1 aromatic rings. The summed E-state index contributed by atoms with van der Waals surface area (Å²) in [6, 6.07) is 3.89. The molecule has 0 unspecified atom stereocenters. The average Bonchev–Trinajstić information content (AvgIpc) is 2.73. The average molecular weight is 292 g/mol. The zero-order chi connectivity index (χ0) is 15.1. The van der Waals surface area contributed by atoms with Crippen LogP contribution in [0.5, 0.6) is 5.75 Å². The minimum absolute atomic E-state index is 0.0573. The Hall–Kier alpha value is -1.29. The van der Waals surface area contributed by atoms with Crippen molar-refractivity contribution in [2.24, 2.45) is 0 Å². The Morgan fingerprint density at radius 2 is 1.90 bits per heavy atom. The highest BCUT2D eigenvalue weighted by atomic mass is 28.4. The van der Waals surface area contributed by atoms with Crippen LogP contribution in [0.2, 0.25) is 18.1 Å². The zero-order valence-electron chi connectivity index (χ0n) is 13.0. The van der Waals surface area contributed by atoms with Crippen molar-refractivity contribution in [3.8, 4) is 5.75 Å². The minimum atomic E-state index is -2.02. The first-order valence-electron chi connectivity index (χ1n) is 7.20. The summed E-state index contributed by atoms with van der Waals surface area (Å²) in [5, 5.41) is 9.62. The maximum atomic E-state index is 11.7. The molecule has 0 aliphatic heterocycles. The summed E-state index contributed by atoms with van der Waals surface area (Å²) in [6.07, 6.45) is 2.88. The largest absolute Gasteiger partial charge is 0.543 e. The number of aromatic carboxylic acids is 1. The monoisotopic (exact) mass is 292 g/mol. The number of hydrogen-bond donors (Lipinski definition) is 1. The van der Waals surface area contributed by atoms with Crippen molar-refractivity contribution < 1.29 is 14.3 Å². The molecule has 2 rings (SSSR count). The molecule has 0 amide bonds. The number of carboxylic acid groups (broad SMARTS) is 1. The van der Waals surface area contributed by atoms with E-state index < -0.39 is 14.3 Å². The fraction of sp³-hybridized carbons (Fsp3) is 0.562. The van der Waals surface area contributed by atoms with E-state index in [4.69, 9.17) is 4.43 Å². The third-order valence-electron chi connectivity index (χ3n) is 4.63. The van der Waals surface area contributed by atoms with Crippen LogP contribution in [0, 0.1) is 0 Å². The molecular formula is C16H24O3Si. The maximum absolute atomic E-state index is 11.7. The molecular weight excluding hydrogens is 268 g/mol. The van der Waals surface area contributed by atoms with E-state index in [2.05, 4.69) is 33.9 Å². The number of carbonyl (C=O) groups is 1. The highest BCUT2D eigenvalue weighted by Crippen LogP contribution is 2.40. The van der Waals surface area contributed by atoms with Crippen LogP contribution in [0.1, 0.15) is 48.7 Å². The molecule has 0 atom stereocenters. The summed E-state index contributed by atoms with van der Waals surface area (Å²) in [7, 11) is -2.02.